The fourth-order valence-electron chi connectivity index (χ4n) is 3.94. The molecule has 2 aliphatic heterocycles. The van der Waals surface area contributed by atoms with E-state index in [0.29, 0.717) is 14.1 Å². The average molecular weight is 468 g/mol. The molecule has 4 rings (SSSR count). The summed E-state index contributed by atoms with van der Waals surface area (Å²) >= 11 is 8.51. The van der Waals surface area contributed by atoms with Gasteiger partial charge in [0.1, 0.15) is 6.04 Å². The van der Waals surface area contributed by atoms with Gasteiger partial charge in [0, 0.05) is 37.0 Å². The zero-order chi connectivity index (χ0) is 21.4. The number of aliphatic carboxylic acids is 1. The molecule has 160 valence electrons. The molecule has 2 aromatic rings. The summed E-state index contributed by atoms with van der Waals surface area (Å²) < 4.78 is 0.510. The molecule has 0 radical (unpaired) electrons. The highest BCUT2D eigenvalue weighted by molar-refractivity contribution is 7.18. The van der Waals surface area contributed by atoms with Crippen molar-refractivity contribution in [3.05, 3.63) is 42.7 Å². The van der Waals surface area contributed by atoms with E-state index in [1.165, 1.54) is 26.7 Å². The lowest BCUT2D eigenvalue weighted by molar-refractivity contribution is -0.141. The summed E-state index contributed by atoms with van der Waals surface area (Å²) in [5.41, 5.74) is 1.18. The van der Waals surface area contributed by atoms with Crippen LogP contribution in [-0.4, -0.2) is 71.5 Å². The van der Waals surface area contributed by atoms with Crippen LogP contribution in [0.1, 0.15) is 36.2 Å². The van der Waals surface area contributed by atoms with Gasteiger partial charge in [-0.25, -0.2) is 4.79 Å². The molecule has 0 bridgehead atoms. The molecule has 30 heavy (non-hydrogen) atoms. The van der Waals surface area contributed by atoms with Crippen molar-refractivity contribution in [1.82, 2.24) is 15.1 Å². The molecule has 7 nitrogen and oxygen atoms in total. The summed E-state index contributed by atoms with van der Waals surface area (Å²) in [4.78, 5) is 43.3. The number of thiophene rings is 2. The van der Waals surface area contributed by atoms with E-state index in [2.05, 4.69) is 17.3 Å². The number of rotatable bonds is 4. The van der Waals surface area contributed by atoms with Crippen molar-refractivity contribution in [1.29, 1.82) is 0 Å². The Morgan fingerprint density at radius 3 is 2.63 bits per heavy atom. The summed E-state index contributed by atoms with van der Waals surface area (Å²) in [6.45, 7) is 2.06. The average Bonchev–Trinajstić information content (AvgIpc) is 3.40. The van der Waals surface area contributed by atoms with Gasteiger partial charge in [0.05, 0.1) is 14.1 Å². The Morgan fingerprint density at radius 2 is 1.93 bits per heavy atom. The van der Waals surface area contributed by atoms with Crippen molar-refractivity contribution >= 4 is 52.1 Å². The Morgan fingerprint density at radius 1 is 1.17 bits per heavy atom. The first-order valence-corrected chi connectivity index (χ1v) is 11.7. The predicted molar refractivity (Wildman–Crippen MR) is 117 cm³/mol. The molecule has 1 fully saturated rings. The highest BCUT2D eigenvalue weighted by atomic mass is 35.5. The number of amides is 2. The molecular weight excluding hydrogens is 446 g/mol. The van der Waals surface area contributed by atoms with Crippen molar-refractivity contribution < 1.29 is 19.5 Å². The quantitative estimate of drug-likeness (QED) is 0.721. The smallest absolute Gasteiger partial charge is 0.326 e. The van der Waals surface area contributed by atoms with E-state index in [1.807, 2.05) is 6.07 Å². The summed E-state index contributed by atoms with van der Waals surface area (Å²) in [5, 5.41) is 12.5. The summed E-state index contributed by atoms with van der Waals surface area (Å²) in [6.07, 6.45) is 1.97. The number of carboxylic acids is 1. The SMILES string of the molecule is CN1CCc2cc(C(=O)N3C[C@H](NC(=O)c4ccc(Cl)s4)CC3C(=O)O)sc2CC1. The van der Waals surface area contributed by atoms with Crippen molar-refractivity contribution in [2.45, 2.75) is 31.3 Å². The molecule has 2 aromatic heterocycles. The largest absolute Gasteiger partial charge is 0.480 e. The molecule has 1 unspecified atom stereocenters. The number of likely N-dealkylation sites (tertiary alicyclic amines) is 1. The fourth-order valence-corrected chi connectivity index (χ4v) is 6.05. The normalized spacial score (nSPS) is 21.9. The Hall–Kier alpha value is -1.94. The van der Waals surface area contributed by atoms with Gasteiger partial charge in [0.25, 0.3) is 11.8 Å². The molecule has 10 heteroatoms. The zero-order valence-corrected chi connectivity index (χ0v) is 18.8. The maximum Gasteiger partial charge on any atom is 0.326 e. The number of carbonyl (C=O) groups is 3. The van der Waals surface area contributed by atoms with Crippen LogP contribution in [0.4, 0.5) is 0 Å². The summed E-state index contributed by atoms with van der Waals surface area (Å²) in [7, 11) is 2.09. The maximum atomic E-state index is 13.2. The van der Waals surface area contributed by atoms with Crippen LogP contribution in [0.2, 0.25) is 4.34 Å². The Bertz CT molecular complexity index is 963. The number of hydrogen-bond donors (Lipinski definition) is 2. The first-order valence-electron chi connectivity index (χ1n) is 9.72. The molecule has 2 N–H and O–H groups in total. The first-order chi connectivity index (χ1) is 14.3. The van der Waals surface area contributed by atoms with Gasteiger partial charge in [-0.1, -0.05) is 11.6 Å². The monoisotopic (exact) mass is 467 g/mol. The lowest BCUT2D eigenvalue weighted by atomic mass is 10.1. The lowest BCUT2D eigenvalue weighted by Gasteiger charge is -2.20. The van der Waals surface area contributed by atoms with Gasteiger partial charge in [-0.3, -0.25) is 9.59 Å². The van der Waals surface area contributed by atoms with Crippen molar-refractivity contribution in [2.75, 3.05) is 26.7 Å². The topological polar surface area (TPSA) is 90.0 Å². The number of nitrogens with one attached hydrogen (secondary N) is 1. The van der Waals surface area contributed by atoms with Crippen LogP contribution < -0.4 is 5.32 Å². The van der Waals surface area contributed by atoms with Crippen molar-refractivity contribution in [2.24, 2.45) is 0 Å². The summed E-state index contributed by atoms with van der Waals surface area (Å²) in [5.74, 6) is -1.63. The third kappa shape index (κ3) is 4.39. The first kappa shape index (κ1) is 21.3. The van der Waals surface area contributed by atoms with Crippen LogP contribution >= 0.6 is 34.3 Å². The van der Waals surface area contributed by atoms with Gasteiger partial charge >= 0.3 is 5.97 Å². The van der Waals surface area contributed by atoms with E-state index in [9.17, 15) is 19.5 Å². The number of carbonyl (C=O) groups excluding carboxylic acids is 2. The number of nitrogens with zero attached hydrogens (tertiary/aromatic N) is 2. The minimum atomic E-state index is -1.06. The summed E-state index contributed by atoms with van der Waals surface area (Å²) in [6, 6.07) is 3.81. The number of halogens is 1. The highest BCUT2D eigenvalue weighted by Crippen LogP contribution is 2.30. The number of carboxylic acid groups (broad SMARTS) is 1. The van der Waals surface area contributed by atoms with Crippen LogP contribution in [-0.2, 0) is 17.6 Å². The second-order valence-electron chi connectivity index (χ2n) is 7.68. The molecule has 2 aliphatic rings. The van der Waals surface area contributed by atoms with Gasteiger partial charge in [-0.2, -0.15) is 0 Å². The molecule has 1 saturated heterocycles. The molecule has 0 spiro atoms. The van der Waals surface area contributed by atoms with E-state index in [4.69, 9.17) is 11.6 Å². The van der Waals surface area contributed by atoms with Gasteiger partial charge in [0.15, 0.2) is 0 Å². The van der Waals surface area contributed by atoms with Gasteiger partial charge < -0.3 is 20.2 Å². The Balaban J connectivity index is 1.48. The van der Waals surface area contributed by atoms with E-state index in [-0.39, 0.29) is 24.8 Å². The number of hydrogen-bond acceptors (Lipinski definition) is 6. The standard InChI is InChI=1S/C20H22ClN3O4S2/c1-23-6-4-11-8-16(29-14(11)5-7-23)19(26)24-10-12(9-13(24)20(27)28)22-18(25)15-2-3-17(21)30-15/h2-3,8,12-13H,4-7,9-10H2,1H3,(H,22,25)(H,27,28)/t12-,13?/m1/s1. The maximum absolute atomic E-state index is 13.2. The number of likely N-dealkylation sites (N-methyl/N-ethyl adjacent to an activating group) is 1. The fraction of sp³-hybridized carbons (Fsp3) is 0.450. The van der Waals surface area contributed by atoms with E-state index < -0.39 is 18.1 Å². The minimum absolute atomic E-state index is 0.173. The molecule has 2 amide bonds. The highest BCUT2D eigenvalue weighted by Gasteiger charge is 2.41. The molecule has 0 saturated carbocycles. The molecule has 0 aliphatic carbocycles. The third-order valence-electron chi connectivity index (χ3n) is 5.57. The molecule has 4 heterocycles. The number of fused-ring (bicyclic) bond motifs is 1. The second kappa shape index (κ2) is 8.66. The third-order valence-corrected chi connectivity index (χ3v) is 8.03. The second-order valence-corrected chi connectivity index (χ2v) is 10.5. The van der Waals surface area contributed by atoms with Gasteiger partial charge in [0.2, 0.25) is 0 Å². The zero-order valence-electron chi connectivity index (χ0n) is 16.4. The van der Waals surface area contributed by atoms with Crippen LogP contribution in [0.15, 0.2) is 18.2 Å². The molecular formula is C20H22ClN3O4S2. The minimum Gasteiger partial charge on any atom is -0.480 e. The van der Waals surface area contributed by atoms with Gasteiger partial charge in [-0.05, 0) is 43.7 Å². The van der Waals surface area contributed by atoms with Crippen LogP contribution in [0, 0.1) is 0 Å². The van der Waals surface area contributed by atoms with Crippen LogP contribution in [0.3, 0.4) is 0 Å². The molecule has 2 atom stereocenters. The van der Waals surface area contributed by atoms with E-state index in [0.717, 1.165) is 37.3 Å². The van der Waals surface area contributed by atoms with Crippen LogP contribution in [0.25, 0.3) is 0 Å². The van der Waals surface area contributed by atoms with Crippen molar-refractivity contribution in [3.63, 3.8) is 0 Å². The van der Waals surface area contributed by atoms with Gasteiger partial charge in [-0.15, -0.1) is 22.7 Å². The van der Waals surface area contributed by atoms with Crippen molar-refractivity contribution in [3.8, 4) is 0 Å². The van der Waals surface area contributed by atoms with Crippen LogP contribution in [0.5, 0.6) is 0 Å². The molecule has 0 aromatic carbocycles. The van der Waals surface area contributed by atoms with E-state index in [1.54, 1.807) is 12.1 Å². The Kier molecular flexibility index (Phi) is 6.15. The predicted octanol–water partition coefficient (Wildman–Crippen LogP) is 2.59. The Labute approximate surface area is 187 Å². The lowest BCUT2D eigenvalue weighted by Crippen LogP contribution is -2.41. The van der Waals surface area contributed by atoms with E-state index >= 15 is 0 Å².